The Morgan fingerprint density at radius 3 is 1.69 bits per heavy atom. The number of fused-ring (bicyclic) bond motifs is 4. The first-order valence-corrected chi connectivity index (χ1v) is 17.2. The van der Waals surface area contributed by atoms with Crippen LogP contribution in [0.2, 0.25) is 15.1 Å². The summed E-state index contributed by atoms with van der Waals surface area (Å²) in [5.74, 6) is -11.1. The van der Waals surface area contributed by atoms with Crippen LogP contribution in [0.25, 0.3) is 0 Å². The van der Waals surface area contributed by atoms with Crippen molar-refractivity contribution in [1.82, 2.24) is 20.0 Å². The molecule has 6 atom stereocenters. The summed E-state index contributed by atoms with van der Waals surface area (Å²) in [7, 11) is 2.30. The smallest absolute Gasteiger partial charge is 0.433 e. The molecule has 2 aliphatic heterocycles. The summed E-state index contributed by atoms with van der Waals surface area (Å²) in [6, 6.07) is 7.10. The molecule has 4 heterocycles. The topological polar surface area (TPSA) is 127 Å². The third-order valence-electron chi connectivity index (χ3n) is 10.4. The fraction of sp³-hybridized carbons (Fsp3) is 0.353. The number of hydrazine groups is 2. The maximum atomic E-state index is 14.4. The number of pyridine rings is 2. The van der Waals surface area contributed by atoms with Crippen LogP contribution < -0.4 is 10.0 Å². The minimum atomic E-state index is -4.89. The number of allylic oxidation sites excluding steroid dienone is 2. The van der Waals surface area contributed by atoms with Crippen molar-refractivity contribution in [3.63, 3.8) is 0 Å². The number of aromatic hydroxyl groups is 1. The van der Waals surface area contributed by atoms with Crippen molar-refractivity contribution in [2.24, 2.45) is 29.6 Å². The molecule has 7 rings (SSSR count). The van der Waals surface area contributed by atoms with Crippen LogP contribution in [0.4, 0.5) is 38.0 Å². The molecular weight excluding hydrogens is 793 g/mol. The van der Waals surface area contributed by atoms with Gasteiger partial charge in [-0.25, -0.2) is 9.97 Å². The van der Waals surface area contributed by atoms with Crippen molar-refractivity contribution in [1.29, 1.82) is 0 Å². The van der Waals surface area contributed by atoms with E-state index in [1.54, 1.807) is 6.08 Å². The van der Waals surface area contributed by atoms with Crippen LogP contribution in [-0.4, -0.2) is 62.8 Å². The molecule has 2 aromatic heterocycles. The molecule has 4 amide bonds. The largest absolute Gasteiger partial charge is 0.508 e. The maximum absolute atomic E-state index is 14.4. The number of hydrogen-bond acceptors (Lipinski definition) is 9. The van der Waals surface area contributed by atoms with Crippen molar-refractivity contribution < 1.29 is 50.6 Å². The van der Waals surface area contributed by atoms with Crippen molar-refractivity contribution in [3.8, 4) is 5.75 Å². The Labute approximate surface area is 316 Å². The number of benzene rings is 1. The zero-order chi connectivity index (χ0) is 39.3. The van der Waals surface area contributed by atoms with Crippen LogP contribution >= 0.6 is 34.8 Å². The molecule has 1 N–H and O–H groups in total. The molecule has 4 aliphatic rings. The summed E-state index contributed by atoms with van der Waals surface area (Å²) in [5, 5.41) is 12.5. The highest BCUT2D eigenvalue weighted by Gasteiger charge is 2.63. The van der Waals surface area contributed by atoms with Gasteiger partial charge in [0.15, 0.2) is 11.6 Å². The van der Waals surface area contributed by atoms with Crippen LogP contribution in [0, 0.1) is 29.6 Å². The zero-order valence-electron chi connectivity index (χ0n) is 27.7. The van der Waals surface area contributed by atoms with E-state index >= 15 is 0 Å². The summed E-state index contributed by atoms with van der Waals surface area (Å²) in [6.07, 6.45) is -8.32. The minimum Gasteiger partial charge on any atom is -0.508 e. The Balaban J connectivity index is 1.29. The number of phenolic OH excluding ortho intramolecular Hbond substituents is 1. The van der Waals surface area contributed by atoms with E-state index in [2.05, 4.69) is 9.97 Å². The molecule has 0 spiro atoms. The van der Waals surface area contributed by atoms with Gasteiger partial charge in [0.1, 0.15) is 17.1 Å². The number of carbonyl (C=O) groups is 4. The van der Waals surface area contributed by atoms with Crippen molar-refractivity contribution in [2.75, 3.05) is 24.1 Å². The van der Waals surface area contributed by atoms with Crippen LogP contribution in [0.1, 0.15) is 35.7 Å². The van der Waals surface area contributed by atoms with Gasteiger partial charge in [-0.15, -0.1) is 0 Å². The van der Waals surface area contributed by atoms with Gasteiger partial charge in [-0.1, -0.05) is 52.5 Å². The average molecular weight is 818 g/mol. The number of anilines is 2. The predicted octanol–water partition coefficient (Wildman–Crippen LogP) is 6.92. The molecular formula is C34H25Cl3F6N6O5. The molecule has 0 radical (unpaired) electrons. The first-order valence-electron chi connectivity index (χ1n) is 16.1. The molecule has 20 heteroatoms. The second kappa shape index (κ2) is 13.0. The monoisotopic (exact) mass is 816 g/mol. The van der Waals surface area contributed by atoms with E-state index in [1.165, 1.54) is 18.2 Å². The minimum absolute atomic E-state index is 0.00230. The summed E-state index contributed by atoms with van der Waals surface area (Å²) >= 11 is 19.0. The van der Waals surface area contributed by atoms with Crippen LogP contribution in [0.5, 0.6) is 5.75 Å². The quantitative estimate of drug-likeness (QED) is 0.166. The first kappa shape index (κ1) is 37.7. The number of halogens is 9. The summed E-state index contributed by atoms with van der Waals surface area (Å²) in [5.41, 5.74) is -1.90. The molecule has 2 aliphatic carbocycles. The van der Waals surface area contributed by atoms with E-state index in [-0.39, 0.29) is 39.2 Å². The maximum Gasteiger partial charge on any atom is 0.433 e. The molecule has 284 valence electrons. The highest BCUT2D eigenvalue weighted by Crippen LogP contribution is 2.59. The molecule has 6 unspecified atom stereocenters. The molecule has 1 saturated carbocycles. The van der Waals surface area contributed by atoms with Gasteiger partial charge in [0.2, 0.25) is 0 Å². The van der Waals surface area contributed by atoms with Gasteiger partial charge >= 0.3 is 12.4 Å². The number of nitrogens with zero attached hydrogens (tertiary/aromatic N) is 6. The molecule has 1 aromatic carbocycles. The van der Waals surface area contributed by atoms with Gasteiger partial charge in [0, 0.05) is 25.0 Å². The third kappa shape index (κ3) is 5.91. The van der Waals surface area contributed by atoms with Crippen molar-refractivity contribution >= 4 is 70.1 Å². The standard InChI is InChI=1S/C34H25Cl3F6N6O5/c1-46(27-19(35)7-9-22(44-27)33(38,39)40)48-29(51)16-6-5-14-17(25(16)31(48)53)12-18-26(24(14)15-4-3-13(50)11-21(15)37)32(54)49(30(18)52)47(2)28-20(36)8-10-23(45-28)34(41,42)43/h3-5,7-11,16-18,24-26,50H,6,12H2,1-2H3. The number of aromatic nitrogens is 2. The average Bonchev–Trinajstić information content (AvgIpc) is 3.49. The van der Waals surface area contributed by atoms with Crippen LogP contribution in [0.15, 0.2) is 54.1 Å². The van der Waals surface area contributed by atoms with Gasteiger partial charge in [0.05, 0.1) is 33.7 Å². The fourth-order valence-electron chi connectivity index (χ4n) is 8.08. The molecule has 3 fully saturated rings. The number of carbonyl (C=O) groups excluding carboxylic acids is 4. The Morgan fingerprint density at radius 1 is 0.685 bits per heavy atom. The Hall–Kier alpha value is -4.61. The lowest BCUT2D eigenvalue weighted by Gasteiger charge is -2.44. The number of alkyl halides is 6. The van der Waals surface area contributed by atoms with Gasteiger partial charge < -0.3 is 5.11 Å². The summed E-state index contributed by atoms with van der Waals surface area (Å²) in [4.78, 5) is 64.0. The number of rotatable bonds is 5. The summed E-state index contributed by atoms with van der Waals surface area (Å²) < 4.78 is 81.5. The zero-order valence-corrected chi connectivity index (χ0v) is 29.9. The van der Waals surface area contributed by atoms with Gasteiger partial charge in [-0.05, 0) is 60.7 Å². The molecule has 54 heavy (non-hydrogen) atoms. The van der Waals surface area contributed by atoms with Gasteiger partial charge in [0.25, 0.3) is 23.6 Å². The van der Waals surface area contributed by atoms with Gasteiger partial charge in [-0.3, -0.25) is 29.2 Å². The lowest BCUT2D eigenvalue weighted by molar-refractivity contribution is -0.143. The lowest BCUT2D eigenvalue weighted by Crippen LogP contribution is -2.46. The van der Waals surface area contributed by atoms with E-state index < -0.39 is 94.5 Å². The number of hydrogen-bond donors (Lipinski definition) is 1. The normalized spacial score (nSPS) is 25.4. The van der Waals surface area contributed by atoms with E-state index in [9.17, 15) is 50.6 Å². The second-order valence-corrected chi connectivity index (χ2v) is 14.5. The Bertz CT molecular complexity index is 2170. The number of phenols is 1. The second-order valence-electron chi connectivity index (χ2n) is 13.3. The molecule has 0 bridgehead atoms. The fourth-order valence-corrected chi connectivity index (χ4v) is 8.83. The highest BCUT2D eigenvalue weighted by molar-refractivity contribution is 6.33. The highest BCUT2D eigenvalue weighted by atomic mass is 35.5. The third-order valence-corrected chi connectivity index (χ3v) is 11.3. The first-order chi connectivity index (χ1) is 25.2. The number of imide groups is 2. The lowest BCUT2D eigenvalue weighted by atomic mass is 9.57. The van der Waals surface area contributed by atoms with E-state index in [1.807, 2.05) is 0 Å². The SMILES string of the molecule is CN(c1nc(C(F)(F)F)ccc1Cl)N1C(=O)C2CC=C3C(CC4C(=O)N(N(C)c5nc(C(F)(F)F)ccc5Cl)C(=O)C4C3c3ccc(O)cc3Cl)C2C1=O. The number of amides is 4. The Morgan fingerprint density at radius 2 is 1.19 bits per heavy atom. The van der Waals surface area contributed by atoms with Gasteiger partial charge in [-0.2, -0.15) is 36.4 Å². The van der Waals surface area contributed by atoms with Crippen LogP contribution in [0.3, 0.4) is 0 Å². The van der Waals surface area contributed by atoms with E-state index in [0.29, 0.717) is 27.7 Å². The van der Waals surface area contributed by atoms with E-state index in [4.69, 9.17) is 34.8 Å². The predicted molar refractivity (Wildman–Crippen MR) is 180 cm³/mol. The molecule has 3 aromatic rings. The van der Waals surface area contributed by atoms with Crippen molar-refractivity contribution in [2.45, 2.75) is 31.1 Å². The summed E-state index contributed by atoms with van der Waals surface area (Å²) in [6.45, 7) is 0. The molecule has 2 saturated heterocycles. The van der Waals surface area contributed by atoms with Crippen molar-refractivity contribution in [3.05, 3.63) is 86.1 Å². The van der Waals surface area contributed by atoms with Crippen LogP contribution in [-0.2, 0) is 31.5 Å². The Kier molecular flexibility index (Phi) is 9.08. The molecule has 11 nitrogen and oxygen atoms in total. The van der Waals surface area contributed by atoms with E-state index in [0.717, 1.165) is 36.2 Å².